The maximum Gasteiger partial charge on any atom is 0.328 e. The highest BCUT2D eigenvalue weighted by molar-refractivity contribution is 5.83. The smallest absolute Gasteiger partial charge is 0.328 e. The number of esters is 1. The van der Waals surface area contributed by atoms with Gasteiger partial charge in [0.05, 0.1) is 25.9 Å². The number of nitrogens with one attached hydrogen (secondary N) is 2. The van der Waals surface area contributed by atoms with Crippen LogP contribution in [0, 0.1) is 5.92 Å². The van der Waals surface area contributed by atoms with Crippen LogP contribution < -0.4 is 10.6 Å². The fraction of sp³-hybridized carbons (Fsp3) is 0.317. The molecular formula is C41H47N3O6. The summed E-state index contributed by atoms with van der Waals surface area (Å²) in [7, 11) is 3.37. The molecule has 1 saturated heterocycles. The van der Waals surface area contributed by atoms with E-state index in [2.05, 4.69) is 42.2 Å². The number of carbonyl (C=O) groups is 2. The number of rotatable bonds is 14. The predicted molar refractivity (Wildman–Crippen MR) is 194 cm³/mol. The molecule has 9 nitrogen and oxygen atoms in total. The van der Waals surface area contributed by atoms with Crippen molar-refractivity contribution in [3.05, 3.63) is 144 Å². The van der Waals surface area contributed by atoms with E-state index in [1.807, 2.05) is 103 Å². The van der Waals surface area contributed by atoms with E-state index in [4.69, 9.17) is 14.2 Å². The Bertz CT molecular complexity index is 1710. The molecule has 5 rings (SSSR count). The molecule has 4 aromatic carbocycles. The second-order valence-electron chi connectivity index (χ2n) is 12.8. The molecule has 1 fully saturated rings. The summed E-state index contributed by atoms with van der Waals surface area (Å²) in [5.41, 5.74) is 6.57. The molecule has 2 amide bonds. The first-order chi connectivity index (χ1) is 24.3. The minimum Gasteiger partial charge on any atom is -0.467 e. The topological polar surface area (TPSA) is 109 Å². The van der Waals surface area contributed by atoms with E-state index in [0.29, 0.717) is 13.0 Å². The highest BCUT2D eigenvalue weighted by atomic mass is 16.7. The van der Waals surface area contributed by atoms with Gasteiger partial charge in [-0.25, -0.2) is 9.59 Å². The monoisotopic (exact) mass is 677 g/mol. The number of aliphatic hydroxyl groups excluding tert-OH is 1. The van der Waals surface area contributed by atoms with E-state index in [0.717, 1.165) is 45.5 Å². The number of benzene rings is 4. The van der Waals surface area contributed by atoms with E-state index in [1.54, 1.807) is 0 Å². The Morgan fingerprint density at radius 3 is 2.30 bits per heavy atom. The maximum absolute atomic E-state index is 12.8. The van der Waals surface area contributed by atoms with E-state index in [-0.39, 0.29) is 31.3 Å². The van der Waals surface area contributed by atoms with Gasteiger partial charge in [-0.2, -0.15) is 0 Å². The normalized spacial score (nSPS) is 19.4. The van der Waals surface area contributed by atoms with Crippen molar-refractivity contribution in [2.24, 2.45) is 5.92 Å². The van der Waals surface area contributed by atoms with E-state index >= 15 is 0 Å². The number of methoxy groups -OCH3 is 1. The van der Waals surface area contributed by atoms with Gasteiger partial charge in [0.1, 0.15) is 6.04 Å². The van der Waals surface area contributed by atoms with Crippen molar-refractivity contribution in [1.29, 1.82) is 0 Å². The van der Waals surface area contributed by atoms with Crippen LogP contribution in [0.4, 0.5) is 4.79 Å². The first kappa shape index (κ1) is 36.5. The van der Waals surface area contributed by atoms with Gasteiger partial charge in [0, 0.05) is 37.5 Å². The molecule has 0 spiro atoms. The third kappa shape index (κ3) is 9.67. The lowest BCUT2D eigenvalue weighted by Crippen LogP contribution is -2.47. The summed E-state index contributed by atoms with van der Waals surface area (Å²) < 4.78 is 18.3. The number of amides is 2. The summed E-state index contributed by atoms with van der Waals surface area (Å²) >= 11 is 0. The third-order valence-corrected chi connectivity index (χ3v) is 9.00. The molecule has 0 bridgehead atoms. The van der Waals surface area contributed by atoms with Crippen LogP contribution in [0.1, 0.15) is 47.1 Å². The number of urea groups is 1. The van der Waals surface area contributed by atoms with Crippen LogP contribution in [0.5, 0.6) is 0 Å². The highest BCUT2D eigenvalue weighted by Crippen LogP contribution is 2.42. The molecule has 9 heteroatoms. The minimum atomic E-state index is -0.815. The number of aliphatic hydroxyl groups is 1. The molecule has 1 aliphatic rings. The van der Waals surface area contributed by atoms with Crippen LogP contribution in [0.25, 0.3) is 11.1 Å². The van der Waals surface area contributed by atoms with Crippen molar-refractivity contribution in [3.8, 4) is 11.1 Å². The van der Waals surface area contributed by atoms with Gasteiger partial charge in [0.25, 0.3) is 0 Å². The Balaban J connectivity index is 1.29. The molecule has 0 aromatic heterocycles. The second kappa shape index (κ2) is 17.7. The summed E-state index contributed by atoms with van der Waals surface area (Å²) in [6.07, 6.45) is 1.31. The highest BCUT2D eigenvalue weighted by Gasteiger charge is 2.38. The lowest BCUT2D eigenvalue weighted by Gasteiger charge is -2.42. The number of ether oxygens (including phenoxy) is 3. The maximum atomic E-state index is 12.8. The summed E-state index contributed by atoms with van der Waals surface area (Å²) in [6, 6.07) is 32.2. The summed E-state index contributed by atoms with van der Waals surface area (Å²) in [6.45, 7) is 7.76. The Labute approximate surface area is 294 Å². The lowest BCUT2D eigenvalue weighted by atomic mass is 9.90. The van der Waals surface area contributed by atoms with Gasteiger partial charge in [-0.15, -0.1) is 6.58 Å². The quantitative estimate of drug-likeness (QED) is 0.106. The molecule has 0 radical (unpaired) electrons. The molecule has 262 valence electrons. The number of likely N-dealkylation sites (N-methyl/N-ethyl adjacent to an activating group) is 1. The standard InChI is InChI=1S/C41H47N3O6/c1-5-21-44(3)26-37-28(2)38(32-19-17-30(27-45)18-20-32)50-40(49-37)35-16-10-15-34(24-35)33-14-9-13-31(22-33)25-42-41(47)43-36(39(46)48-4)23-29-11-7-6-8-12-29/h5-20,22,24,28,36-38,40,45H,1,21,23,25-27H2,2-4H3,(H2,42,43,47)/t28-,36+,37+,38+,40+/m1/s1. The fourth-order valence-electron chi connectivity index (χ4n) is 6.23. The van der Waals surface area contributed by atoms with Gasteiger partial charge in [-0.1, -0.05) is 104 Å². The van der Waals surface area contributed by atoms with E-state index < -0.39 is 24.3 Å². The average Bonchev–Trinajstić information content (AvgIpc) is 3.15. The zero-order valence-corrected chi connectivity index (χ0v) is 29.0. The van der Waals surface area contributed by atoms with Crippen molar-refractivity contribution in [2.45, 2.75) is 51.0 Å². The van der Waals surface area contributed by atoms with Gasteiger partial charge < -0.3 is 34.9 Å². The van der Waals surface area contributed by atoms with Crippen molar-refractivity contribution < 1.29 is 28.9 Å². The summed E-state index contributed by atoms with van der Waals surface area (Å²) in [5.74, 6) is -0.434. The van der Waals surface area contributed by atoms with E-state index in [9.17, 15) is 14.7 Å². The van der Waals surface area contributed by atoms with E-state index in [1.165, 1.54) is 7.11 Å². The van der Waals surface area contributed by atoms with Crippen LogP contribution in [0.2, 0.25) is 0 Å². The largest absolute Gasteiger partial charge is 0.467 e. The first-order valence-corrected chi connectivity index (χ1v) is 16.9. The lowest BCUT2D eigenvalue weighted by molar-refractivity contribution is -0.275. The second-order valence-corrected chi connectivity index (χ2v) is 12.8. The Morgan fingerprint density at radius 1 is 0.900 bits per heavy atom. The average molecular weight is 678 g/mol. The molecule has 5 atom stereocenters. The SMILES string of the molecule is C=CCN(C)C[C@@H]1O[C@H](c2cccc(-c3cccc(CNC(=O)N[C@@H](Cc4ccccc4)C(=O)OC)c3)c2)O[C@H](c2ccc(CO)cc2)[C@@H]1C. The number of hydrogen-bond donors (Lipinski definition) is 3. The fourth-order valence-corrected chi connectivity index (χ4v) is 6.23. The molecule has 50 heavy (non-hydrogen) atoms. The molecule has 0 saturated carbocycles. The molecule has 3 N–H and O–H groups in total. The Kier molecular flexibility index (Phi) is 12.9. The number of hydrogen-bond acceptors (Lipinski definition) is 7. The Hall–Kier alpha value is -4.80. The van der Waals surface area contributed by atoms with Crippen LogP contribution in [0.3, 0.4) is 0 Å². The van der Waals surface area contributed by atoms with Crippen LogP contribution in [0.15, 0.2) is 116 Å². The summed E-state index contributed by atoms with van der Waals surface area (Å²) in [5, 5.41) is 15.2. The minimum absolute atomic E-state index is 0.00999. The molecule has 0 aliphatic carbocycles. The van der Waals surface area contributed by atoms with Crippen molar-refractivity contribution in [1.82, 2.24) is 15.5 Å². The van der Waals surface area contributed by atoms with Gasteiger partial charge >= 0.3 is 12.0 Å². The van der Waals surface area contributed by atoms with Crippen LogP contribution in [-0.4, -0.2) is 61.4 Å². The molecule has 0 unspecified atom stereocenters. The number of nitrogens with zero attached hydrogens (tertiary/aromatic N) is 1. The van der Waals surface area contributed by atoms with Gasteiger partial charge in [0.15, 0.2) is 6.29 Å². The first-order valence-electron chi connectivity index (χ1n) is 16.9. The number of carbonyl (C=O) groups excluding carboxylic acids is 2. The zero-order valence-electron chi connectivity index (χ0n) is 29.0. The summed E-state index contributed by atoms with van der Waals surface area (Å²) in [4.78, 5) is 27.4. The van der Waals surface area contributed by atoms with Gasteiger partial charge in [0.2, 0.25) is 0 Å². The van der Waals surface area contributed by atoms with Gasteiger partial charge in [-0.3, -0.25) is 0 Å². The van der Waals surface area contributed by atoms with Crippen molar-refractivity contribution in [3.63, 3.8) is 0 Å². The molecular weight excluding hydrogens is 630 g/mol. The van der Waals surface area contributed by atoms with Crippen molar-refractivity contribution in [2.75, 3.05) is 27.2 Å². The predicted octanol–water partition coefficient (Wildman–Crippen LogP) is 6.34. The molecule has 1 aliphatic heterocycles. The third-order valence-electron chi connectivity index (χ3n) is 9.00. The molecule has 4 aromatic rings. The molecule has 1 heterocycles. The van der Waals surface area contributed by atoms with Gasteiger partial charge in [-0.05, 0) is 52.6 Å². The van der Waals surface area contributed by atoms with Crippen LogP contribution >= 0.6 is 0 Å². The van der Waals surface area contributed by atoms with Crippen LogP contribution in [-0.2, 0) is 38.6 Å². The zero-order chi connectivity index (χ0) is 35.5. The Morgan fingerprint density at radius 2 is 1.60 bits per heavy atom. The van der Waals surface area contributed by atoms with Crippen molar-refractivity contribution >= 4 is 12.0 Å².